The topological polar surface area (TPSA) is 15.6 Å². The molecule has 0 saturated heterocycles. The van der Waals surface area contributed by atoms with Gasteiger partial charge in [-0.25, -0.2) is 0 Å². The third-order valence-corrected chi connectivity index (χ3v) is 2.23. The number of hydrogen-bond donors (Lipinski definition) is 0. The van der Waals surface area contributed by atoms with E-state index in [1.54, 1.807) is 0 Å². The van der Waals surface area contributed by atoms with Gasteiger partial charge >= 0.3 is 0 Å². The first kappa shape index (κ1) is 11.1. The molecule has 14 heavy (non-hydrogen) atoms. The molecule has 0 spiro atoms. The smallest absolute Gasteiger partial charge is 0.0894 e. The second-order valence-electron chi connectivity index (χ2n) is 2.85. The minimum atomic E-state index is 0.761. The Morgan fingerprint density at radius 3 is 2.64 bits per heavy atom. The van der Waals surface area contributed by atoms with Crippen LogP contribution in [0.2, 0.25) is 5.02 Å². The van der Waals surface area contributed by atoms with E-state index in [4.69, 9.17) is 11.6 Å². The van der Waals surface area contributed by atoms with Gasteiger partial charge in [0.05, 0.1) is 17.0 Å². The van der Waals surface area contributed by atoms with Crippen LogP contribution in [0.15, 0.2) is 29.3 Å². The van der Waals surface area contributed by atoms with Gasteiger partial charge < -0.3 is 4.90 Å². The highest BCUT2D eigenvalue weighted by Gasteiger charge is 2.04. The summed E-state index contributed by atoms with van der Waals surface area (Å²) in [5.74, 6) is 0. The van der Waals surface area contributed by atoms with E-state index < -0.39 is 0 Å². The van der Waals surface area contributed by atoms with Crippen LogP contribution < -0.4 is 4.90 Å². The van der Waals surface area contributed by atoms with Crippen LogP contribution in [0.4, 0.5) is 5.69 Å². The predicted molar refractivity (Wildman–Crippen MR) is 63.5 cm³/mol. The Balaban J connectivity index is 2.89. The van der Waals surface area contributed by atoms with Crippen molar-refractivity contribution in [1.82, 2.24) is 0 Å². The molecule has 0 unspecified atom stereocenters. The molecule has 0 fully saturated rings. The van der Waals surface area contributed by atoms with Gasteiger partial charge in [0.2, 0.25) is 0 Å². The number of aliphatic imine (C=N–C) groups is 1. The standard InChI is InChI=1S/C11H15ClN2/c1-3-13-9-14(4-2)11-8-6-5-7-10(11)12/h5-9H,3-4H2,1-2H3. The molecule has 0 aromatic heterocycles. The molecule has 0 amide bonds. The van der Waals surface area contributed by atoms with Crippen molar-refractivity contribution >= 4 is 23.6 Å². The molecule has 3 heteroatoms. The zero-order valence-electron chi connectivity index (χ0n) is 8.57. The highest BCUT2D eigenvalue weighted by atomic mass is 35.5. The Kier molecular flexibility index (Phi) is 4.47. The Morgan fingerprint density at radius 2 is 2.07 bits per heavy atom. The van der Waals surface area contributed by atoms with E-state index in [0.717, 1.165) is 23.8 Å². The summed E-state index contributed by atoms with van der Waals surface area (Å²) in [6.07, 6.45) is 1.83. The highest BCUT2D eigenvalue weighted by molar-refractivity contribution is 6.33. The van der Waals surface area contributed by atoms with Crippen LogP contribution in [0.25, 0.3) is 0 Å². The fourth-order valence-corrected chi connectivity index (χ4v) is 1.42. The quantitative estimate of drug-likeness (QED) is 0.551. The van der Waals surface area contributed by atoms with E-state index in [2.05, 4.69) is 11.9 Å². The van der Waals surface area contributed by atoms with Crippen LogP contribution in [0.1, 0.15) is 13.8 Å². The first-order chi connectivity index (χ1) is 6.79. The Hall–Kier alpha value is -1.02. The molecule has 76 valence electrons. The molecular weight excluding hydrogens is 196 g/mol. The number of para-hydroxylation sites is 1. The van der Waals surface area contributed by atoms with Crippen molar-refractivity contribution in [2.24, 2.45) is 4.99 Å². The molecule has 2 nitrogen and oxygen atoms in total. The van der Waals surface area contributed by atoms with Gasteiger partial charge in [0.1, 0.15) is 0 Å². The lowest BCUT2D eigenvalue weighted by molar-refractivity contribution is 1.05. The summed E-state index contributed by atoms with van der Waals surface area (Å²) in [4.78, 5) is 6.24. The van der Waals surface area contributed by atoms with Crippen LogP contribution in [0, 0.1) is 0 Å². The summed E-state index contributed by atoms with van der Waals surface area (Å²) in [6.45, 7) is 5.75. The number of rotatable bonds is 4. The normalized spacial score (nSPS) is 10.8. The fourth-order valence-electron chi connectivity index (χ4n) is 1.18. The van der Waals surface area contributed by atoms with Gasteiger partial charge in [-0.05, 0) is 26.0 Å². The van der Waals surface area contributed by atoms with Gasteiger partial charge in [0.25, 0.3) is 0 Å². The van der Waals surface area contributed by atoms with Crippen molar-refractivity contribution in [3.05, 3.63) is 29.3 Å². The Morgan fingerprint density at radius 1 is 1.36 bits per heavy atom. The van der Waals surface area contributed by atoms with Gasteiger partial charge in [-0.15, -0.1) is 0 Å². The summed E-state index contributed by atoms with van der Waals surface area (Å²) in [5.41, 5.74) is 1.01. The molecule has 0 aliphatic carbocycles. The third kappa shape index (κ3) is 2.74. The lowest BCUT2D eigenvalue weighted by atomic mass is 10.3. The van der Waals surface area contributed by atoms with Gasteiger partial charge in [0.15, 0.2) is 0 Å². The molecule has 0 aliphatic rings. The van der Waals surface area contributed by atoms with E-state index in [0.29, 0.717) is 0 Å². The maximum atomic E-state index is 6.07. The van der Waals surface area contributed by atoms with Crippen molar-refractivity contribution in [2.45, 2.75) is 13.8 Å². The molecular formula is C11H15ClN2. The number of benzene rings is 1. The second kappa shape index (κ2) is 5.66. The molecule has 0 saturated carbocycles. The number of nitrogens with zero attached hydrogens (tertiary/aromatic N) is 2. The monoisotopic (exact) mass is 210 g/mol. The van der Waals surface area contributed by atoms with Crippen molar-refractivity contribution in [1.29, 1.82) is 0 Å². The molecule has 0 heterocycles. The van der Waals surface area contributed by atoms with Crippen LogP contribution in [-0.4, -0.2) is 19.4 Å². The third-order valence-electron chi connectivity index (χ3n) is 1.91. The van der Waals surface area contributed by atoms with Crippen LogP contribution >= 0.6 is 11.6 Å². The van der Waals surface area contributed by atoms with Crippen LogP contribution in [-0.2, 0) is 0 Å². The fraction of sp³-hybridized carbons (Fsp3) is 0.364. The molecule has 1 rings (SSSR count). The average Bonchev–Trinajstić information content (AvgIpc) is 2.21. The van der Waals surface area contributed by atoms with Crippen molar-refractivity contribution < 1.29 is 0 Å². The molecule has 0 radical (unpaired) electrons. The van der Waals surface area contributed by atoms with Crippen LogP contribution in [0.3, 0.4) is 0 Å². The number of hydrogen-bond acceptors (Lipinski definition) is 1. The molecule has 0 aliphatic heterocycles. The largest absolute Gasteiger partial charge is 0.332 e. The van der Waals surface area contributed by atoms with Gasteiger partial charge in [-0.2, -0.15) is 0 Å². The minimum Gasteiger partial charge on any atom is -0.332 e. The van der Waals surface area contributed by atoms with E-state index in [1.807, 2.05) is 42.4 Å². The Bertz CT molecular complexity index is 310. The number of halogens is 1. The molecule has 0 bridgehead atoms. The summed E-state index contributed by atoms with van der Waals surface area (Å²) in [6, 6.07) is 7.78. The van der Waals surface area contributed by atoms with Gasteiger partial charge in [0, 0.05) is 13.1 Å². The van der Waals surface area contributed by atoms with Crippen LogP contribution in [0.5, 0.6) is 0 Å². The zero-order valence-corrected chi connectivity index (χ0v) is 9.33. The van der Waals surface area contributed by atoms with E-state index >= 15 is 0 Å². The number of anilines is 1. The molecule has 0 atom stereocenters. The highest BCUT2D eigenvalue weighted by Crippen LogP contribution is 2.23. The lowest BCUT2D eigenvalue weighted by Gasteiger charge is -2.18. The maximum Gasteiger partial charge on any atom is 0.0894 e. The van der Waals surface area contributed by atoms with E-state index in [9.17, 15) is 0 Å². The zero-order chi connectivity index (χ0) is 10.4. The first-order valence-electron chi connectivity index (χ1n) is 4.80. The summed E-state index contributed by atoms with van der Waals surface area (Å²) >= 11 is 6.07. The maximum absolute atomic E-state index is 6.07. The summed E-state index contributed by atoms with van der Waals surface area (Å²) in [7, 11) is 0. The summed E-state index contributed by atoms with van der Waals surface area (Å²) in [5, 5.41) is 0.761. The molecule has 1 aromatic rings. The van der Waals surface area contributed by atoms with Gasteiger partial charge in [-0.1, -0.05) is 23.7 Å². The second-order valence-corrected chi connectivity index (χ2v) is 3.26. The predicted octanol–water partition coefficient (Wildman–Crippen LogP) is 3.21. The van der Waals surface area contributed by atoms with Crippen molar-refractivity contribution in [3.8, 4) is 0 Å². The summed E-state index contributed by atoms with van der Waals surface area (Å²) < 4.78 is 0. The Labute approximate surface area is 90.2 Å². The van der Waals surface area contributed by atoms with Gasteiger partial charge in [-0.3, -0.25) is 4.99 Å². The SMILES string of the molecule is CCN=CN(CC)c1ccccc1Cl. The average molecular weight is 211 g/mol. The lowest BCUT2D eigenvalue weighted by Crippen LogP contribution is -2.20. The van der Waals surface area contributed by atoms with E-state index in [1.165, 1.54) is 0 Å². The molecule has 1 aromatic carbocycles. The molecule has 0 N–H and O–H groups in total. The minimum absolute atomic E-state index is 0.761. The van der Waals surface area contributed by atoms with Crippen molar-refractivity contribution in [2.75, 3.05) is 18.0 Å². The first-order valence-corrected chi connectivity index (χ1v) is 5.18. The van der Waals surface area contributed by atoms with Crippen molar-refractivity contribution in [3.63, 3.8) is 0 Å². The van der Waals surface area contributed by atoms with E-state index in [-0.39, 0.29) is 0 Å².